The Morgan fingerprint density at radius 1 is 1.47 bits per heavy atom. The Labute approximate surface area is 118 Å². The van der Waals surface area contributed by atoms with Crippen LogP contribution in [0.2, 0.25) is 5.02 Å². The molecule has 7 heteroatoms. The Hall–Kier alpha value is -0.790. The van der Waals surface area contributed by atoms with Crippen LogP contribution in [-0.2, 0) is 10.7 Å². The number of methoxy groups -OCH3 is 1. The van der Waals surface area contributed by atoms with Crippen molar-refractivity contribution in [3.63, 3.8) is 0 Å². The number of hydrogen-bond acceptors (Lipinski definition) is 3. The van der Waals surface area contributed by atoms with Gasteiger partial charge in [-0.1, -0.05) is 23.7 Å². The second-order valence-corrected chi connectivity index (χ2v) is 5.16. The lowest BCUT2D eigenvalue weighted by molar-refractivity contribution is -0.0282. The van der Waals surface area contributed by atoms with Gasteiger partial charge in [0.15, 0.2) is 6.04 Å². The smallest absolute Gasteiger partial charge is 0.301 e. The van der Waals surface area contributed by atoms with E-state index in [0.29, 0.717) is 5.02 Å². The number of nitrogens with one attached hydrogen (secondary N) is 1. The van der Waals surface area contributed by atoms with Crippen LogP contribution in [0.4, 0.5) is 8.78 Å². The standard InChI is InChI=1S/C12H14ClF2N2OP/c1-18-7-11(19)17-10(6-16)12(14,15)8-2-4-9(13)5-3-8/h2-5,10-11,17H,7,19H2,1H3/t10?,11-/m0/s1. The first-order chi connectivity index (χ1) is 8.91. The fourth-order valence-corrected chi connectivity index (χ4v) is 2.01. The molecule has 0 saturated heterocycles. The first kappa shape index (κ1) is 16.3. The molecule has 3 atom stereocenters. The van der Waals surface area contributed by atoms with Gasteiger partial charge in [0.05, 0.1) is 12.7 Å². The molecule has 0 spiro atoms. The molecule has 1 rings (SSSR count). The molecule has 0 aliphatic heterocycles. The highest BCUT2D eigenvalue weighted by Crippen LogP contribution is 2.32. The van der Waals surface area contributed by atoms with E-state index in [1.165, 1.54) is 31.4 Å². The largest absolute Gasteiger partial charge is 0.383 e. The van der Waals surface area contributed by atoms with Crippen LogP contribution >= 0.6 is 20.8 Å². The van der Waals surface area contributed by atoms with Gasteiger partial charge in [0.2, 0.25) is 0 Å². The van der Waals surface area contributed by atoms with Crippen LogP contribution in [-0.4, -0.2) is 25.5 Å². The normalized spacial score (nSPS) is 14.7. The van der Waals surface area contributed by atoms with Crippen LogP contribution < -0.4 is 5.32 Å². The predicted octanol–water partition coefficient (Wildman–Crippen LogP) is 2.76. The van der Waals surface area contributed by atoms with E-state index in [4.69, 9.17) is 21.6 Å². The summed E-state index contributed by atoms with van der Waals surface area (Å²) >= 11 is 5.66. The average molecular weight is 307 g/mol. The zero-order chi connectivity index (χ0) is 14.5. The third kappa shape index (κ3) is 4.36. The van der Waals surface area contributed by atoms with E-state index in [9.17, 15) is 8.78 Å². The lowest BCUT2D eigenvalue weighted by Gasteiger charge is -2.25. The molecule has 104 valence electrons. The second kappa shape index (κ2) is 7.12. The molecular weight excluding hydrogens is 293 g/mol. The van der Waals surface area contributed by atoms with Crippen LogP contribution in [0.25, 0.3) is 0 Å². The third-order valence-electron chi connectivity index (χ3n) is 2.45. The Kier molecular flexibility index (Phi) is 6.09. The molecule has 0 amide bonds. The van der Waals surface area contributed by atoms with Gasteiger partial charge in [0.25, 0.3) is 0 Å². The van der Waals surface area contributed by atoms with E-state index in [-0.39, 0.29) is 12.2 Å². The summed E-state index contributed by atoms with van der Waals surface area (Å²) in [4.78, 5) is 0. The summed E-state index contributed by atoms with van der Waals surface area (Å²) in [5.41, 5.74) is -0.259. The van der Waals surface area contributed by atoms with Crippen LogP contribution in [0.1, 0.15) is 5.56 Å². The SMILES string of the molecule is COC[C@H](P)NC(C#N)C(F)(F)c1ccc(Cl)cc1. The molecule has 1 N–H and O–H groups in total. The van der Waals surface area contributed by atoms with Gasteiger partial charge in [-0.3, -0.25) is 5.32 Å². The van der Waals surface area contributed by atoms with Gasteiger partial charge in [-0.25, -0.2) is 0 Å². The highest BCUT2D eigenvalue weighted by atomic mass is 35.5. The zero-order valence-corrected chi connectivity index (χ0v) is 12.1. The molecule has 19 heavy (non-hydrogen) atoms. The summed E-state index contributed by atoms with van der Waals surface area (Å²) in [7, 11) is 3.77. The second-order valence-electron chi connectivity index (χ2n) is 3.92. The van der Waals surface area contributed by atoms with Crippen LogP contribution in [0, 0.1) is 11.3 Å². The van der Waals surface area contributed by atoms with E-state index in [1.54, 1.807) is 6.07 Å². The summed E-state index contributed by atoms with van der Waals surface area (Å²) in [6.45, 7) is 0.208. The van der Waals surface area contributed by atoms with Gasteiger partial charge < -0.3 is 4.74 Å². The number of alkyl halides is 2. The van der Waals surface area contributed by atoms with Crippen LogP contribution in [0.5, 0.6) is 0 Å². The summed E-state index contributed by atoms with van der Waals surface area (Å²) in [6.07, 6.45) is 0. The van der Waals surface area contributed by atoms with Crippen molar-refractivity contribution >= 4 is 20.8 Å². The van der Waals surface area contributed by atoms with E-state index in [2.05, 4.69) is 14.6 Å². The van der Waals surface area contributed by atoms with Crippen molar-refractivity contribution in [2.24, 2.45) is 0 Å². The maximum Gasteiger partial charge on any atom is 0.301 e. The van der Waals surface area contributed by atoms with Gasteiger partial charge in [-0.15, -0.1) is 9.24 Å². The van der Waals surface area contributed by atoms with Gasteiger partial charge in [0.1, 0.15) is 0 Å². The molecule has 2 unspecified atom stereocenters. The Bertz CT molecular complexity index is 450. The molecule has 1 aromatic rings. The lowest BCUT2D eigenvalue weighted by Crippen LogP contribution is -2.46. The van der Waals surface area contributed by atoms with E-state index < -0.39 is 17.7 Å². The molecule has 0 saturated carbocycles. The molecule has 1 aromatic carbocycles. The summed E-state index contributed by atoms with van der Waals surface area (Å²) in [6, 6.07) is 5.09. The van der Waals surface area contributed by atoms with Crippen molar-refractivity contribution < 1.29 is 13.5 Å². The molecule has 0 aromatic heterocycles. The van der Waals surface area contributed by atoms with Gasteiger partial charge >= 0.3 is 5.92 Å². The quantitative estimate of drug-likeness (QED) is 0.822. The molecule has 0 bridgehead atoms. The predicted molar refractivity (Wildman–Crippen MR) is 73.3 cm³/mol. The Balaban J connectivity index is 2.89. The van der Waals surface area contributed by atoms with Crippen molar-refractivity contribution in [1.29, 1.82) is 5.26 Å². The summed E-state index contributed by atoms with van der Waals surface area (Å²) in [5.74, 6) is -3.75. The van der Waals surface area contributed by atoms with Crippen molar-refractivity contribution in [1.82, 2.24) is 5.32 Å². The first-order valence-electron chi connectivity index (χ1n) is 5.46. The molecule has 0 aliphatic carbocycles. The lowest BCUT2D eigenvalue weighted by atomic mass is 10.0. The molecule has 0 heterocycles. The maximum atomic E-state index is 14.2. The third-order valence-corrected chi connectivity index (χ3v) is 3.08. The van der Waals surface area contributed by atoms with E-state index in [1.807, 2.05) is 0 Å². The molecule has 0 aliphatic rings. The van der Waals surface area contributed by atoms with Gasteiger partial charge in [-0.2, -0.15) is 14.0 Å². The van der Waals surface area contributed by atoms with Crippen molar-refractivity contribution in [3.05, 3.63) is 34.9 Å². The number of rotatable bonds is 6. The topological polar surface area (TPSA) is 45.0 Å². The van der Waals surface area contributed by atoms with Crippen LogP contribution in [0.3, 0.4) is 0 Å². The minimum absolute atomic E-state index is 0.208. The number of nitriles is 1. The van der Waals surface area contributed by atoms with E-state index >= 15 is 0 Å². The van der Waals surface area contributed by atoms with Crippen molar-refractivity contribution in [2.45, 2.75) is 17.7 Å². The number of ether oxygens (including phenoxy) is 1. The fraction of sp³-hybridized carbons (Fsp3) is 0.417. The minimum atomic E-state index is -3.32. The summed E-state index contributed by atoms with van der Waals surface area (Å²) < 4.78 is 33.2. The maximum absolute atomic E-state index is 14.2. The Morgan fingerprint density at radius 2 is 2.05 bits per heavy atom. The minimum Gasteiger partial charge on any atom is -0.383 e. The molecule has 3 nitrogen and oxygen atoms in total. The van der Waals surface area contributed by atoms with Gasteiger partial charge in [0, 0.05) is 23.5 Å². The Morgan fingerprint density at radius 3 is 2.53 bits per heavy atom. The average Bonchev–Trinajstić information content (AvgIpc) is 2.36. The molecular formula is C12H14ClF2N2OP. The van der Waals surface area contributed by atoms with E-state index in [0.717, 1.165) is 0 Å². The molecule has 0 radical (unpaired) electrons. The molecule has 0 fully saturated rings. The zero-order valence-electron chi connectivity index (χ0n) is 10.2. The number of nitrogens with zero attached hydrogens (tertiary/aromatic N) is 1. The van der Waals surface area contributed by atoms with Crippen LogP contribution in [0.15, 0.2) is 24.3 Å². The van der Waals surface area contributed by atoms with Crippen molar-refractivity contribution in [2.75, 3.05) is 13.7 Å². The number of hydrogen-bond donors (Lipinski definition) is 1. The number of benzene rings is 1. The first-order valence-corrected chi connectivity index (χ1v) is 6.50. The number of halogens is 3. The van der Waals surface area contributed by atoms with Crippen molar-refractivity contribution in [3.8, 4) is 6.07 Å². The highest BCUT2D eigenvalue weighted by Gasteiger charge is 2.42. The fourth-order valence-electron chi connectivity index (χ4n) is 1.50. The summed E-state index contributed by atoms with van der Waals surface area (Å²) in [5, 5.41) is 11.8. The monoisotopic (exact) mass is 306 g/mol. The van der Waals surface area contributed by atoms with Gasteiger partial charge in [-0.05, 0) is 12.1 Å². The highest BCUT2D eigenvalue weighted by molar-refractivity contribution is 7.17.